The molecule has 1 aliphatic rings. The summed E-state index contributed by atoms with van der Waals surface area (Å²) in [6.07, 6.45) is 0. The van der Waals surface area contributed by atoms with Crippen LogP contribution in [0, 0.1) is 13.8 Å². The lowest BCUT2D eigenvalue weighted by atomic mass is 10.0. The second-order valence-electron chi connectivity index (χ2n) is 8.38. The molecule has 0 saturated carbocycles. The molecule has 1 aliphatic heterocycles. The van der Waals surface area contributed by atoms with Crippen LogP contribution in [0.5, 0.6) is 0 Å². The number of carbonyl (C=O) groups excluding carboxylic acids is 1. The number of fused-ring (bicyclic) bond motifs is 1. The van der Waals surface area contributed by atoms with E-state index >= 15 is 0 Å². The molecule has 0 bridgehead atoms. The first-order valence-electron chi connectivity index (χ1n) is 11.0. The number of nitrogens with zero attached hydrogens (tertiary/aromatic N) is 4. The van der Waals surface area contributed by atoms with Crippen molar-refractivity contribution in [2.45, 2.75) is 18.7 Å². The van der Waals surface area contributed by atoms with Gasteiger partial charge in [0.1, 0.15) is 0 Å². The van der Waals surface area contributed by atoms with Crippen LogP contribution in [0.4, 0.5) is 0 Å². The van der Waals surface area contributed by atoms with Crippen molar-refractivity contribution < 1.29 is 17.7 Å². The van der Waals surface area contributed by atoms with Crippen LogP contribution in [0.2, 0.25) is 0 Å². The van der Waals surface area contributed by atoms with Gasteiger partial charge in [-0.3, -0.25) is 4.79 Å². The van der Waals surface area contributed by atoms with Crippen molar-refractivity contribution in [1.82, 2.24) is 19.3 Å². The van der Waals surface area contributed by atoms with Crippen LogP contribution in [0.1, 0.15) is 21.6 Å². The van der Waals surface area contributed by atoms with E-state index in [0.29, 0.717) is 41.1 Å². The molecule has 3 heterocycles. The van der Waals surface area contributed by atoms with Gasteiger partial charge in [0.2, 0.25) is 10.0 Å². The molecular formula is C25H24N4O4S. The Kier molecular flexibility index (Phi) is 5.66. The molecule has 1 fully saturated rings. The molecule has 5 rings (SSSR count). The quantitative estimate of drug-likeness (QED) is 0.446. The van der Waals surface area contributed by atoms with Crippen LogP contribution < -0.4 is 0 Å². The van der Waals surface area contributed by atoms with Crippen molar-refractivity contribution in [3.8, 4) is 11.3 Å². The van der Waals surface area contributed by atoms with E-state index in [1.165, 1.54) is 4.31 Å². The van der Waals surface area contributed by atoms with Gasteiger partial charge in [-0.05, 0) is 32.0 Å². The first-order chi connectivity index (χ1) is 16.3. The number of carbonyl (C=O) groups is 1. The van der Waals surface area contributed by atoms with Crippen molar-refractivity contribution in [2.24, 2.45) is 0 Å². The largest absolute Gasteiger partial charge is 0.336 e. The van der Waals surface area contributed by atoms with Crippen LogP contribution >= 0.6 is 0 Å². The lowest BCUT2D eigenvalue weighted by Crippen LogP contribution is -2.50. The maximum Gasteiger partial charge on any atom is 0.259 e. The number of benzene rings is 2. The molecular weight excluding hydrogens is 452 g/mol. The summed E-state index contributed by atoms with van der Waals surface area (Å²) < 4.78 is 32.7. The SMILES string of the molecule is Cc1ccc(-c2cc(C(=O)N3CCN(S(=O)(=O)c4ccccc4)CC3)c3c(C)noc3n2)cc1. The number of aromatic nitrogens is 2. The van der Waals surface area contributed by atoms with E-state index in [9.17, 15) is 13.2 Å². The molecule has 2 aromatic heterocycles. The van der Waals surface area contributed by atoms with Gasteiger partial charge >= 0.3 is 0 Å². The molecule has 9 heteroatoms. The van der Waals surface area contributed by atoms with Crippen LogP contribution in [0.25, 0.3) is 22.4 Å². The van der Waals surface area contributed by atoms with Gasteiger partial charge < -0.3 is 9.42 Å². The van der Waals surface area contributed by atoms with Gasteiger partial charge in [-0.15, -0.1) is 0 Å². The number of hydrogen-bond acceptors (Lipinski definition) is 6. The number of rotatable bonds is 4. The van der Waals surface area contributed by atoms with Crippen molar-refractivity contribution >= 4 is 27.0 Å². The lowest BCUT2D eigenvalue weighted by Gasteiger charge is -2.34. The normalized spacial score (nSPS) is 15.1. The molecule has 2 aromatic carbocycles. The van der Waals surface area contributed by atoms with E-state index in [1.54, 1.807) is 48.2 Å². The topological polar surface area (TPSA) is 96.6 Å². The van der Waals surface area contributed by atoms with Crippen molar-refractivity contribution in [2.75, 3.05) is 26.2 Å². The van der Waals surface area contributed by atoms with Crippen molar-refractivity contribution in [1.29, 1.82) is 0 Å². The molecule has 0 atom stereocenters. The third-order valence-corrected chi connectivity index (χ3v) is 8.01. The van der Waals surface area contributed by atoms with Gasteiger partial charge in [-0.2, -0.15) is 4.31 Å². The summed E-state index contributed by atoms with van der Waals surface area (Å²) in [5, 5.41) is 4.60. The molecule has 174 valence electrons. The highest BCUT2D eigenvalue weighted by Crippen LogP contribution is 2.29. The van der Waals surface area contributed by atoms with Crippen LogP contribution in [-0.2, 0) is 10.0 Å². The summed E-state index contributed by atoms with van der Waals surface area (Å²) in [6.45, 7) is 4.82. The molecule has 0 N–H and O–H groups in total. The average molecular weight is 477 g/mol. The van der Waals surface area contributed by atoms with E-state index in [-0.39, 0.29) is 23.9 Å². The smallest absolute Gasteiger partial charge is 0.259 e. The zero-order valence-corrected chi connectivity index (χ0v) is 19.7. The third-order valence-electron chi connectivity index (χ3n) is 6.10. The number of piperazine rings is 1. The summed E-state index contributed by atoms with van der Waals surface area (Å²) >= 11 is 0. The zero-order valence-electron chi connectivity index (χ0n) is 18.9. The Labute approximate surface area is 197 Å². The number of aryl methyl sites for hydroxylation is 2. The Morgan fingerprint density at radius 3 is 2.29 bits per heavy atom. The highest BCUT2D eigenvalue weighted by molar-refractivity contribution is 7.89. The minimum atomic E-state index is -3.59. The molecule has 1 saturated heterocycles. The van der Waals surface area contributed by atoms with Crippen LogP contribution in [0.15, 0.2) is 70.1 Å². The van der Waals surface area contributed by atoms with Gasteiger partial charge in [0.25, 0.3) is 11.6 Å². The predicted molar refractivity (Wildman–Crippen MR) is 128 cm³/mol. The highest BCUT2D eigenvalue weighted by Gasteiger charge is 2.31. The summed E-state index contributed by atoms with van der Waals surface area (Å²) in [5.41, 5.74) is 3.97. The first-order valence-corrected chi connectivity index (χ1v) is 12.5. The molecule has 0 aliphatic carbocycles. The van der Waals surface area contributed by atoms with Crippen LogP contribution in [-0.4, -0.2) is 59.8 Å². The molecule has 0 spiro atoms. The van der Waals surface area contributed by atoms with Gasteiger partial charge in [-0.25, -0.2) is 13.4 Å². The summed E-state index contributed by atoms with van der Waals surface area (Å²) in [4.78, 5) is 20.1. The second kappa shape index (κ2) is 8.66. The zero-order chi connectivity index (χ0) is 23.9. The Morgan fingerprint density at radius 2 is 1.62 bits per heavy atom. The number of hydrogen-bond donors (Lipinski definition) is 0. The fourth-order valence-electron chi connectivity index (χ4n) is 4.18. The number of sulfonamides is 1. The molecule has 34 heavy (non-hydrogen) atoms. The van der Waals surface area contributed by atoms with Gasteiger partial charge in [0.15, 0.2) is 0 Å². The van der Waals surface area contributed by atoms with Crippen LogP contribution in [0.3, 0.4) is 0 Å². The maximum absolute atomic E-state index is 13.6. The van der Waals surface area contributed by atoms with E-state index in [1.807, 2.05) is 31.2 Å². The van der Waals surface area contributed by atoms with E-state index in [0.717, 1.165) is 11.1 Å². The Balaban J connectivity index is 1.43. The van der Waals surface area contributed by atoms with E-state index in [2.05, 4.69) is 10.1 Å². The predicted octanol–water partition coefficient (Wildman–Crippen LogP) is 3.65. The molecule has 0 unspecified atom stereocenters. The third kappa shape index (κ3) is 3.97. The average Bonchev–Trinajstić information content (AvgIpc) is 3.25. The minimum absolute atomic E-state index is 0.191. The lowest BCUT2D eigenvalue weighted by molar-refractivity contribution is 0.0699. The molecule has 4 aromatic rings. The highest BCUT2D eigenvalue weighted by atomic mass is 32.2. The summed E-state index contributed by atoms with van der Waals surface area (Å²) in [5.74, 6) is -0.191. The van der Waals surface area contributed by atoms with E-state index in [4.69, 9.17) is 4.52 Å². The first kappa shape index (κ1) is 22.2. The fourth-order valence-corrected chi connectivity index (χ4v) is 5.62. The van der Waals surface area contributed by atoms with E-state index < -0.39 is 10.0 Å². The summed E-state index contributed by atoms with van der Waals surface area (Å²) in [6, 6.07) is 18.0. The van der Waals surface area contributed by atoms with Gasteiger partial charge in [-0.1, -0.05) is 53.2 Å². The Bertz CT molecular complexity index is 1460. The van der Waals surface area contributed by atoms with Gasteiger partial charge in [0.05, 0.1) is 27.2 Å². The minimum Gasteiger partial charge on any atom is -0.336 e. The number of amides is 1. The monoisotopic (exact) mass is 476 g/mol. The summed E-state index contributed by atoms with van der Waals surface area (Å²) in [7, 11) is -3.59. The van der Waals surface area contributed by atoms with Crippen molar-refractivity contribution in [3.63, 3.8) is 0 Å². The maximum atomic E-state index is 13.6. The molecule has 8 nitrogen and oxygen atoms in total. The van der Waals surface area contributed by atoms with Gasteiger partial charge in [0, 0.05) is 31.7 Å². The molecule has 1 amide bonds. The second-order valence-corrected chi connectivity index (χ2v) is 10.3. The Hall–Kier alpha value is -3.56. The molecule has 0 radical (unpaired) electrons. The van der Waals surface area contributed by atoms with Crippen molar-refractivity contribution in [3.05, 3.63) is 77.5 Å². The standard InChI is InChI=1S/C25H24N4O4S/c1-17-8-10-19(11-9-17)22-16-21(23-18(2)27-33-24(23)26-22)25(30)28-12-14-29(15-13-28)34(31,32)20-6-4-3-5-7-20/h3-11,16H,12-15H2,1-2H3. The fraction of sp³-hybridized carbons (Fsp3) is 0.240. The Morgan fingerprint density at radius 1 is 0.941 bits per heavy atom. The number of pyridine rings is 1.